The SMILES string of the molecule is CN(C)C(=O)CN(C)C(=O)c1cc(N)cc(Cl)c1Cl. The molecule has 5 nitrogen and oxygen atoms in total. The van der Waals surface area contributed by atoms with Crippen molar-refractivity contribution >= 4 is 40.7 Å². The molecule has 0 aliphatic heterocycles. The molecule has 0 saturated heterocycles. The summed E-state index contributed by atoms with van der Waals surface area (Å²) in [6.45, 7) is -0.0470. The van der Waals surface area contributed by atoms with Gasteiger partial charge >= 0.3 is 0 Å². The fraction of sp³-hybridized carbons (Fsp3) is 0.333. The highest BCUT2D eigenvalue weighted by Crippen LogP contribution is 2.29. The van der Waals surface area contributed by atoms with E-state index in [9.17, 15) is 9.59 Å². The van der Waals surface area contributed by atoms with Crippen LogP contribution in [0, 0.1) is 0 Å². The summed E-state index contributed by atoms with van der Waals surface area (Å²) in [5, 5.41) is 0.336. The van der Waals surface area contributed by atoms with Crippen LogP contribution in [-0.4, -0.2) is 49.3 Å². The summed E-state index contributed by atoms with van der Waals surface area (Å²) in [4.78, 5) is 26.4. The van der Waals surface area contributed by atoms with Crippen molar-refractivity contribution in [1.82, 2.24) is 9.80 Å². The van der Waals surface area contributed by atoms with Crippen molar-refractivity contribution in [3.05, 3.63) is 27.7 Å². The molecule has 0 aromatic heterocycles. The minimum absolute atomic E-state index is 0.0470. The monoisotopic (exact) mass is 303 g/mol. The van der Waals surface area contributed by atoms with Gasteiger partial charge in [-0.15, -0.1) is 0 Å². The van der Waals surface area contributed by atoms with Gasteiger partial charge in [-0.3, -0.25) is 9.59 Å². The normalized spacial score (nSPS) is 10.2. The molecule has 0 aliphatic carbocycles. The predicted octanol–water partition coefficient (Wildman–Crippen LogP) is 1.74. The fourth-order valence-electron chi connectivity index (χ4n) is 1.39. The average molecular weight is 304 g/mol. The Hall–Kier alpha value is -1.46. The van der Waals surface area contributed by atoms with Crippen molar-refractivity contribution in [3.63, 3.8) is 0 Å². The van der Waals surface area contributed by atoms with Gasteiger partial charge in [0.15, 0.2) is 0 Å². The number of amides is 2. The van der Waals surface area contributed by atoms with Crippen LogP contribution in [0.4, 0.5) is 5.69 Å². The molecular weight excluding hydrogens is 289 g/mol. The molecule has 0 fully saturated rings. The molecule has 0 radical (unpaired) electrons. The van der Waals surface area contributed by atoms with E-state index >= 15 is 0 Å². The van der Waals surface area contributed by atoms with Gasteiger partial charge in [0.05, 0.1) is 22.2 Å². The molecule has 1 aromatic carbocycles. The van der Waals surface area contributed by atoms with Gasteiger partial charge in [0, 0.05) is 26.8 Å². The Morgan fingerprint density at radius 1 is 1.21 bits per heavy atom. The van der Waals surface area contributed by atoms with Gasteiger partial charge in [-0.1, -0.05) is 23.2 Å². The third kappa shape index (κ3) is 3.75. The lowest BCUT2D eigenvalue weighted by Gasteiger charge is -2.20. The van der Waals surface area contributed by atoms with Crippen LogP contribution in [0.2, 0.25) is 10.0 Å². The number of nitrogen functional groups attached to an aromatic ring is 1. The molecule has 0 spiro atoms. The van der Waals surface area contributed by atoms with E-state index < -0.39 is 5.91 Å². The summed E-state index contributed by atoms with van der Waals surface area (Å²) >= 11 is 11.8. The summed E-state index contributed by atoms with van der Waals surface area (Å²) in [7, 11) is 4.74. The highest BCUT2D eigenvalue weighted by molar-refractivity contribution is 6.44. The smallest absolute Gasteiger partial charge is 0.255 e. The number of carbonyl (C=O) groups is 2. The summed E-state index contributed by atoms with van der Waals surface area (Å²) in [5.74, 6) is -0.601. The first-order valence-corrected chi connectivity index (χ1v) is 6.19. The minimum Gasteiger partial charge on any atom is -0.399 e. The number of hydrogen-bond acceptors (Lipinski definition) is 3. The minimum atomic E-state index is -0.408. The largest absolute Gasteiger partial charge is 0.399 e. The molecule has 19 heavy (non-hydrogen) atoms. The molecule has 7 heteroatoms. The van der Waals surface area contributed by atoms with E-state index in [1.54, 1.807) is 14.1 Å². The first kappa shape index (κ1) is 15.6. The molecule has 104 valence electrons. The van der Waals surface area contributed by atoms with Gasteiger partial charge in [-0.2, -0.15) is 0 Å². The maximum absolute atomic E-state index is 12.2. The second kappa shape index (κ2) is 6.12. The zero-order valence-corrected chi connectivity index (χ0v) is 12.4. The molecule has 1 rings (SSSR count). The van der Waals surface area contributed by atoms with Crippen LogP contribution in [-0.2, 0) is 4.79 Å². The number of likely N-dealkylation sites (N-methyl/N-ethyl adjacent to an activating group) is 2. The number of carbonyl (C=O) groups excluding carboxylic acids is 2. The third-order valence-corrected chi connectivity index (χ3v) is 3.30. The number of halogens is 2. The first-order chi connectivity index (χ1) is 8.73. The maximum Gasteiger partial charge on any atom is 0.255 e. The summed E-state index contributed by atoms with van der Waals surface area (Å²) in [6.07, 6.45) is 0. The number of benzene rings is 1. The highest BCUT2D eigenvalue weighted by atomic mass is 35.5. The number of nitrogens with zero attached hydrogens (tertiary/aromatic N) is 2. The van der Waals surface area contributed by atoms with Gasteiger partial charge in [-0.25, -0.2) is 0 Å². The van der Waals surface area contributed by atoms with Crippen molar-refractivity contribution in [3.8, 4) is 0 Å². The van der Waals surface area contributed by atoms with Gasteiger partial charge in [0.2, 0.25) is 5.91 Å². The lowest BCUT2D eigenvalue weighted by molar-refractivity contribution is -0.129. The lowest BCUT2D eigenvalue weighted by atomic mass is 10.1. The second-order valence-corrected chi connectivity index (χ2v) is 5.10. The van der Waals surface area contributed by atoms with Crippen molar-refractivity contribution < 1.29 is 9.59 Å². The highest BCUT2D eigenvalue weighted by Gasteiger charge is 2.20. The zero-order valence-electron chi connectivity index (χ0n) is 10.9. The molecule has 2 amide bonds. The fourth-order valence-corrected chi connectivity index (χ4v) is 1.81. The summed E-state index contributed by atoms with van der Waals surface area (Å²) < 4.78 is 0. The Morgan fingerprint density at radius 2 is 1.79 bits per heavy atom. The molecule has 2 N–H and O–H groups in total. The number of anilines is 1. The number of hydrogen-bond donors (Lipinski definition) is 1. The number of nitrogens with two attached hydrogens (primary N) is 1. The molecular formula is C12H15Cl2N3O2. The first-order valence-electron chi connectivity index (χ1n) is 5.44. The third-order valence-electron chi connectivity index (χ3n) is 2.50. The topological polar surface area (TPSA) is 66.6 Å². The van der Waals surface area contributed by atoms with Crippen molar-refractivity contribution in [1.29, 1.82) is 0 Å². The van der Waals surface area contributed by atoms with E-state index in [1.165, 1.54) is 29.0 Å². The van der Waals surface area contributed by atoms with E-state index in [-0.39, 0.29) is 28.1 Å². The Labute approximate surface area is 121 Å². The molecule has 0 heterocycles. The second-order valence-electron chi connectivity index (χ2n) is 4.31. The van der Waals surface area contributed by atoms with Crippen LogP contribution in [0.1, 0.15) is 10.4 Å². The molecule has 1 aromatic rings. The quantitative estimate of drug-likeness (QED) is 0.865. The van der Waals surface area contributed by atoms with Gasteiger partial charge in [-0.05, 0) is 12.1 Å². The van der Waals surface area contributed by atoms with Gasteiger partial charge in [0.25, 0.3) is 5.91 Å². The van der Waals surface area contributed by atoms with Gasteiger partial charge < -0.3 is 15.5 Å². The van der Waals surface area contributed by atoms with Crippen molar-refractivity contribution in [2.24, 2.45) is 0 Å². The van der Waals surface area contributed by atoms with E-state index in [1.807, 2.05) is 0 Å². The van der Waals surface area contributed by atoms with Crippen LogP contribution in [0.25, 0.3) is 0 Å². The Balaban J connectivity index is 2.98. The molecule has 0 aliphatic rings. The standard InChI is InChI=1S/C12H15Cl2N3O2/c1-16(2)10(18)6-17(3)12(19)8-4-7(15)5-9(13)11(8)14/h4-5H,6,15H2,1-3H3. The Morgan fingerprint density at radius 3 is 2.32 bits per heavy atom. The molecule has 0 saturated carbocycles. The van der Waals surface area contributed by atoms with Crippen LogP contribution in [0.5, 0.6) is 0 Å². The van der Waals surface area contributed by atoms with Gasteiger partial charge in [0.1, 0.15) is 0 Å². The Kier molecular flexibility index (Phi) is 5.03. The van der Waals surface area contributed by atoms with Crippen LogP contribution in [0.3, 0.4) is 0 Å². The number of rotatable bonds is 3. The molecule has 0 atom stereocenters. The van der Waals surface area contributed by atoms with Crippen molar-refractivity contribution in [2.45, 2.75) is 0 Å². The zero-order chi connectivity index (χ0) is 14.7. The van der Waals surface area contributed by atoms with Crippen LogP contribution in [0.15, 0.2) is 12.1 Å². The van der Waals surface area contributed by atoms with E-state index in [0.29, 0.717) is 5.69 Å². The summed E-state index contributed by atoms with van der Waals surface area (Å²) in [5.41, 5.74) is 6.15. The van der Waals surface area contributed by atoms with E-state index in [2.05, 4.69) is 0 Å². The Bertz CT molecular complexity index is 518. The maximum atomic E-state index is 12.2. The predicted molar refractivity (Wildman–Crippen MR) is 76.5 cm³/mol. The van der Waals surface area contributed by atoms with Crippen molar-refractivity contribution in [2.75, 3.05) is 33.4 Å². The molecule has 0 bridgehead atoms. The van der Waals surface area contributed by atoms with Crippen LogP contribution >= 0.6 is 23.2 Å². The summed E-state index contributed by atoms with van der Waals surface area (Å²) in [6, 6.07) is 2.90. The lowest BCUT2D eigenvalue weighted by Crippen LogP contribution is -2.37. The van der Waals surface area contributed by atoms with E-state index in [0.717, 1.165) is 0 Å². The molecule has 0 unspecified atom stereocenters. The van der Waals surface area contributed by atoms with Crippen LogP contribution < -0.4 is 5.73 Å². The van der Waals surface area contributed by atoms with E-state index in [4.69, 9.17) is 28.9 Å². The average Bonchev–Trinajstić information content (AvgIpc) is 2.32.